The minimum absolute atomic E-state index is 0.254. The lowest BCUT2D eigenvalue weighted by molar-refractivity contribution is 0.0703. The maximum Gasteiger partial charge on any atom is 0.348 e. The molecule has 1 aromatic heterocycles. The first kappa shape index (κ1) is 16.3. The van der Waals surface area contributed by atoms with Gasteiger partial charge in [-0.2, -0.15) is 0 Å². The molecule has 0 bridgehead atoms. The summed E-state index contributed by atoms with van der Waals surface area (Å²) in [6, 6.07) is 18.7. The zero-order chi connectivity index (χ0) is 17.1. The second kappa shape index (κ2) is 6.91. The van der Waals surface area contributed by atoms with Crippen LogP contribution in [0, 0.1) is 0 Å². The van der Waals surface area contributed by atoms with Crippen LogP contribution in [0.25, 0.3) is 16.1 Å². The zero-order valence-corrected chi connectivity index (χ0v) is 14.2. The van der Waals surface area contributed by atoms with Crippen molar-refractivity contribution in [1.29, 1.82) is 0 Å². The molecule has 0 fully saturated rings. The molecule has 3 nitrogen and oxygen atoms in total. The van der Waals surface area contributed by atoms with Crippen molar-refractivity contribution in [3.05, 3.63) is 82.7 Å². The first-order chi connectivity index (χ1) is 11.5. The van der Waals surface area contributed by atoms with Crippen LogP contribution in [0.5, 0.6) is 0 Å². The summed E-state index contributed by atoms with van der Waals surface area (Å²) in [6.07, 6.45) is 0. The highest BCUT2D eigenvalue weighted by molar-refractivity contribution is 7.18. The van der Waals surface area contributed by atoms with Crippen molar-refractivity contribution in [3.63, 3.8) is 0 Å². The highest BCUT2D eigenvalue weighted by Crippen LogP contribution is 2.36. The second-order valence-electron chi connectivity index (χ2n) is 5.14. The van der Waals surface area contributed by atoms with Gasteiger partial charge in [0.15, 0.2) is 0 Å². The normalized spacial score (nSPS) is 10.4. The fraction of sp³-hybridized carbons (Fsp3) is 0. The lowest BCUT2D eigenvalue weighted by Crippen LogP contribution is -2.01. The third-order valence-corrected chi connectivity index (χ3v) is 4.89. The van der Waals surface area contributed by atoms with Gasteiger partial charge in [0.25, 0.3) is 0 Å². The van der Waals surface area contributed by atoms with Gasteiger partial charge in [0, 0.05) is 15.6 Å². The van der Waals surface area contributed by atoms with Crippen molar-refractivity contribution in [3.8, 4) is 10.4 Å². The molecule has 5 heteroatoms. The molecule has 0 radical (unpaired) electrons. The molecule has 1 heterocycles. The first-order valence-corrected chi connectivity index (χ1v) is 8.38. The van der Waals surface area contributed by atoms with Crippen LogP contribution in [0.2, 0.25) is 5.02 Å². The van der Waals surface area contributed by atoms with Crippen molar-refractivity contribution < 1.29 is 9.90 Å². The van der Waals surface area contributed by atoms with Crippen molar-refractivity contribution in [2.45, 2.75) is 0 Å². The molecule has 2 aromatic carbocycles. The van der Waals surface area contributed by atoms with Gasteiger partial charge in [0.05, 0.1) is 5.69 Å². The SMILES string of the molecule is C=C(Nc1cc(-c2ccccc2)sc1C(=O)O)c1ccc(Cl)cc1. The Morgan fingerprint density at radius 1 is 1.08 bits per heavy atom. The Hall–Kier alpha value is -2.56. The van der Waals surface area contributed by atoms with Crippen LogP contribution in [0.15, 0.2) is 67.2 Å². The number of benzene rings is 2. The van der Waals surface area contributed by atoms with Crippen LogP contribution in [-0.4, -0.2) is 11.1 Å². The van der Waals surface area contributed by atoms with E-state index in [0.29, 0.717) is 16.4 Å². The molecule has 0 aliphatic carbocycles. The molecule has 0 atom stereocenters. The monoisotopic (exact) mass is 355 g/mol. The average molecular weight is 356 g/mol. The smallest absolute Gasteiger partial charge is 0.348 e. The van der Waals surface area contributed by atoms with E-state index in [4.69, 9.17) is 11.6 Å². The van der Waals surface area contributed by atoms with Gasteiger partial charge >= 0.3 is 5.97 Å². The van der Waals surface area contributed by atoms with E-state index >= 15 is 0 Å². The first-order valence-electron chi connectivity index (χ1n) is 7.19. The quantitative estimate of drug-likeness (QED) is 0.603. The van der Waals surface area contributed by atoms with E-state index in [9.17, 15) is 9.90 Å². The van der Waals surface area contributed by atoms with E-state index in [-0.39, 0.29) is 4.88 Å². The van der Waals surface area contributed by atoms with Crippen molar-refractivity contribution in [1.82, 2.24) is 0 Å². The molecule has 120 valence electrons. The van der Waals surface area contributed by atoms with Crippen LogP contribution in [0.3, 0.4) is 0 Å². The zero-order valence-electron chi connectivity index (χ0n) is 12.6. The molecule has 0 spiro atoms. The molecule has 3 aromatic rings. The average Bonchev–Trinajstić information content (AvgIpc) is 3.00. The largest absolute Gasteiger partial charge is 0.477 e. The molecule has 0 unspecified atom stereocenters. The number of carboxylic acid groups (broad SMARTS) is 1. The van der Waals surface area contributed by atoms with Crippen molar-refractivity contribution in [2.24, 2.45) is 0 Å². The number of carbonyl (C=O) groups is 1. The van der Waals surface area contributed by atoms with Crippen molar-refractivity contribution >= 4 is 40.3 Å². The van der Waals surface area contributed by atoms with Crippen LogP contribution in [0.4, 0.5) is 5.69 Å². The summed E-state index contributed by atoms with van der Waals surface area (Å²) in [4.78, 5) is 12.7. The van der Waals surface area contributed by atoms with Gasteiger partial charge < -0.3 is 10.4 Å². The Kier molecular flexibility index (Phi) is 4.69. The molecule has 0 aliphatic rings. The summed E-state index contributed by atoms with van der Waals surface area (Å²) >= 11 is 7.12. The number of aromatic carboxylic acids is 1. The van der Waals surface area contributed by atoms with Gasteiger partial charge in [-0.1, -0.05) is 60.6 Å². The predicted molar refractivity (Wildman–Crippen MR) is 101 cm³/mol. The lowest BCUT2D eigenvalue weighted by atomic mass is 10.1. The Morgan fingerprint density at radius 2 is 1.75 bits per heavy atom. The van der Waals surface area contributed by atoms with E-state index in [1.807, 2.05) is 48.5 Å². The van der Waals surface area contributed by atoms with E-state index in [1.165, 1.54) is 11.3 Å². The number of thiophene rings is 1. The molecule has 3 rings (SSSR count). The fourth-order valence-corrected chi connectivity index (χ4v) is 3.36. The number of nitrogens with one attached hydrogen (secondary N) is 1. The van der Waals surface area contributed by atoms with Gasteiger partial charge in [0.1, 0.15) is 4.88 Å². The molecular formula is C19H14ClNO2S. The Labute approximate surface area is 148 Å². The number of halogens is 1. The van der Waals surface area contributed by atoms with E-state index in [0.717, 1.165) is 16.0 Å². The number of rotatable bonds is 5. The molecule has 0 aliphatic heterocycles. The highest BCUT2D eigenvalue weighted by atomic mass is 35.5. The fourth-order valence-electron chi connectivity index (χ4n) is 2.27. The molecule has 24 heavy (non-hydrogen) atoms. The lowest BCUT2D eigenvalue weighted by Gasteiger charge is -2.09. The van der Waals surface area contributed by atoms with Crippen LogP contribution >= 0.6 is 22.9 Å². The molecule has 0 saturated carbocycles. The highest BCUT2D eigenvalue weighted by Gasteiger charge is 2.17. The van der Waals surface area contributed by atoms with E-state index < -0.39 is 5.97 Å². The number of hydrogen-bond acceptors (Lipinski definition) is 3. The maximum absolute atomic E-state index is 11.6. The number of carboxylic acids is 1. The summed E-state index contributed by atoms with van der Waals surface area (Å²) in [6.45, 7) is 3.99. The topological polar surface area (TPSA) is 49.3 Å². The van der Waals surface area contributed by atoms with Gasteiger partial charge in [0.2, 0.25) is 0 Å². The van der Waals surface area contributed by atoms with Gasteiger partial charge in [-0.05, 0) is 29.3 Å². The van der Waals surface area contributed by atoms with Gasteiger partial charge in [-0.3, -0.25) is 0 Å². The van der Waals surface area contributed by atoms with Crippen molar-refractivity contribution in [2.75, 3.05) is 5.32 Å². The second-order valence-corrected chi connectivity index (χ2v) is 6.62. The standard InChI is InChI=1S/C19H14ClNO2S/c1-12(13-7-9-15(20)10-8-13)21-16-11-17(24-18(16)19(22)23)14-5-3-2-4-6-14/h2-11,21H,1H2,(H,22,23). The van der Waals surface area contributed by atoms with Crippen LogP contribution in [-0.2, 0) is 0 Å². The minimum atomic E-state index is -0.964. The minimum Gasteiger partial charge on any atom is -0.477 e. The van der Waals surface area contributed by atoms with E-state index in [1.54, 1.807) is 12.1 Å². The Morgan fingerprint density at radius 3 is 2.38 bits per heavy atom. The summed E-state index contributed by atoms with van der Waals surface area (Å²) in [5.41, 5.74) is 2.98. The third-order valence-electron chi connectivity index (χ3n) is 3.46. The molecule has 0 saturated heterocycles. The third kappa shape index (κ3) is 3.50. The summed E-state index contributed by atoms with van der Waals surface area (Å²) < 4.78 is 0. The van der Waals surface area contributed by atoms with Gasteiger partial charge in [-0.15, -0.1) is 11.3 Å². The summed E-state index contributed by atoms with van der Waals surface area (Å²) in [5.74, 6) is -0.964. The molecular weight excluding hydrogens is 342 g/mol. The Balaban J connectivity index is 1.92. The van der Waals surface area contributed by atoms with Gasteiger partial charge in [-0.25, -0.2) is 4.79 Å². The number of hydrogen-bond donors (Lipinski definition) is 2. The van der Waals surface area contributed by atoms with E-state index in [2.05, 4.69) is 11.9 Å². The molecule has 2 N–H and O–H groups in total. The summed E-state index contributed by atoms with van der Waals surface area (Å²) in [7, 11) is 0. The molecule has 0 amide bonds. The van der Waals surface area contributed by atoms with Crippen LogP contribution < -0.4 is 5.32 Å². The predicted octanol–water partition coefficient (Wildman–Crippen LogP) is 5.85. The maximum atomic E-state index is 11.6. The van der Waals surface area contributed by atoms with Crippen LogP contribution in [0.1, 0.15) is 15.2 Å². The number of anilines is 1. The summed E-state index contributed by atoms with van der Waals surface area (Å²) in [5, 5.41) is 13.2. The Bertz CT molecular complexity index is 885.